The van der Waals surface area contributed by atoms with Gasteiger partial charge in [-0.25, -0.2) is 4.39 Å². The number of hydrogen-bond donors (Lipinski definition) is 2. The van der Waals surface area contributed by atoms with Crippen molar-refractivity contribution in [2.24, 2.45) is 5.92 Å². The first kappa shape index (κ1) is 25.4. The largest absolute Gasteiger partial charge is 0.345 e. The Bertz CT molecular complexity index is 1090. The summed E-state index contributed by atoms with van der Waals surface area (Å²) in [5.41, 5.74) is 1.28. The molecule has 0 spiro atoms. The van der Waals surface area contributed by atoms with E-state index in [2.05, 4.69) is 10.6 Å². The van der Waals surface area contributed by atoms with E-state index >= 15 is 0 Å². The molecule has 0 radical (unpaired) electrons. The van der Waals surface area contributed by atoms with Crippen molar-refractivity contribution < 1.29 is 18.8 Å². The summed E-state index contributed by atoms with van der Waals surface area (Å²) in [6.07, 6.45) is 8.73. The zero-order valence-corrected chi connectivity index (χ0v) is 21.0. The highest BCUT2D eigenvalue weighted by Crippen LogP contribution is 2.31. The number of benzene rings is 1. The molecule has 2 aromatic rings. The summed E-state index contributed by atoms with van der Waals surface area (Å²) in [5, 5.41) is 6.63. The zero-order chi connectivity index (χ0) is 25.1. The van der Waals surface area contributed by atoms with Gasteiger partial charge in [-0.1, -0.05) is 19.3 Å². The van der Waals surface area contributed by atoms with Gasteiger partial charge in [0.1, 0.15) is 11.9 Å². The Morgan fingerprint density at radius 2 is 1.86 bits per heavy atom. The fraction of sp³-hybridized carbons (Fsp3) is 0.593. The summed E-state index contributed by atoms with van der Waals surface area (Å²) in [7, 11) is 1.74. The minimum atomic E-state index is -0.525. The van der Waals surface area contributed by atoms with Crippen LogP contribution in [0, 0.1) is 11.7 Å². The summed E-state index contributed by atoms with van der Waals surface area (Å²) in [6.45, 7) is 4.46. The van der Waals surface area contributed by atoms with E-state index in [9.17, 15) is 18.8 Å². The number of Topliss-reactive ketones (excluding diaryl/α,β-unsaturated/α-hetero) is 1. The number of ketones is 1. The number of carbonyl (C=O) groups excluding carboxylic acids is 3. The lowest BCUT2D eigenvalue weighted by Gasteiger charge is -2.35. The SMILES string of the molecule is CN[C@@H](C)C(=O)N[C@H](C(=O)N1CCC[C@H]1Cn1cc(C(C)=O)c2cc(F)ccc21)C1CCCCC1. The minimum absolute atomic E-state index is 0.00893. The molecule has 0 bridgehead atoms. The predicted molar refractivity (Wildman–Crippen MR) is 134 cm³/mol. The van der Waals surface area contributed by atoms with E-state index in [-0.39, 0.29) is 41.4 Å². The number of aromatic nitrogens is 1. The van der Waals surface area contributed by atoms with Gasteiger partial charge in [-0.2, -0.15) is 0 Å². The van der Waals surface area contributed by atoms with Crippen LogP contribution in [0.3, 0.4) is 0 Å². The van der Waals surface area contributed by atoms with E-state index in [1.165, 1.54) is 25.5 Å². The molecule has 2 heterocycles. The van der Waals surface area contributed by atoms with Gasteiger partial charge in [-0.05, 0) is 70.7 Å². The van der Waals surface area contributed by atoms with Crippen LogP contribution in [-0.2, 0) is 16.1 Å². The number of halogens is 1. The summed E-state index contributed by atoms with van der Waals surface area (Å²) < 4.78 is 15.9. The summed E-state index contributed by atoms with van der Waals surface area (Å²) in [4.78, 5) is 40.8. The van der Waals surface area contributed by atoms with Crippen LogP contribution >= 0.6 is 0 Å². The third-order valence-electron chi connectivity index (χ3n) is 7.80. The van der Waals surface area contributed by atoms with Crippen molar-refractivity contribution >= 4 is 28.5 Å². The maximum absolute atomic E-state index is 13.9. The third-order valence-corrected chi connectivity index (χ3v) is 7.80. The second-order valence-corrected chi connectivity index (χ2v) is 10.1. The second kappa shape index (κ2) is 10.9. The summed E-state index contributed by atoms with van der Waals surface area (Å²) in [6, 6.07) is 3.55. The van der Waals surface area contributed by atoms with Crippen LogP contribution in [0.4, 0.5) is 4.39 Å². The van der Waals surface area contributed by atoms with Gasteiger partial charge < -0.3 is 20.1 Å². The average molecular weight is 485 g/mol. The fourth-order valence-electron chi connectivity index (χ4n) is 5.68. The number of fused-ring (bicyclic) bond motifs is 1. The molecule has 0 unspecified atom stereocenters. The van der Waals surface area contributed by atoms with E-state index in [1.807, 2.05) is 9.47 Å². The zero-order valence-electron chi connectivity index (χ0n) is 21.0. The molecule has 1 aliphatic carbocycles. The molecule has 7 nitrogen and oxygen atoms in total. The lowest BCUT2D eigenvalue weighted by molar-refractivity contribution is -0.139. The summed E-state index contributed by atoms with van der Waals surface area (Å²) >= 11 is 0. The highest BCUT2D eigenvalue weighted by molar-refractivity contribution is 6.07. The number of likely N-dealkylation sites (N-methyl/N-ethyl adjacent to an activating group) is 1. The number of nitrogens with one attached hydrogen (secondary N) is 2. The topological polar surface area (TPSA) is 83.4 Å². The first-order valence-electron chi connectivity index (χ1n) is 12.9. The molecule has 8 heteroatoms. The maximum Gasteiger partial charge on any atom is 0.245 e. The number of amides is 2. The van der Waals surface area contributed by atoms with Gasteiger partial charge in [0, 0.05) is 41.8 Å². The molecular formula is C27H37FN4O3. The summed E-state index contributed by atoms with van der Waals surface area (Å²) in [5.74, 6) is -0.512. The normalized spacial score (nSPS) is 20.7. The molecule has 190 valence electrons. The van der Waals surface area contributed by atoms with E-state index in [0.717, 1.165) is 44.0 Å². The van der Waals surface area contributed by atoms with Crippen molar-refractivity contribution in [3.05, 3.63) is 35.8 Å². The number of carbonyl (C=O) groups is 3. The van der Waals surface area contributed by atoms with Gasteiger partial charge in [-0.3, -0.25) is 14.4 Å². The molecule has 2 amide bonds. The van der Waals surface area contributed by atoms with Crippen LogP contribution in [0.2, 0.25) is 0 Å². The minimum Gasteiger partial charge on any atom is -0.345 e. The first-order valence-corrected chi connectivity index (χ1v) is 12.9. The molecule has 3 atom stereocenters. The van der Waals surface area contributed by atoms with Gasteiger partial charge in [0.05, 0.1) is 6.04 Å². The molecule has 1 saturated heterocycles. The van der Waals surface area contributed by atoms with Crippen LogP contribution in [0.1, 0.15) is 69.2 Å². The molecule has 1 aromatic carbocycles. The van der Waals surface area contributed by atoms with E-state index in [1.54, 1.807) is 26.2 Å². The van der Waals surface area contributed by atoms with Crippen molar-refractivity contribution in [3.8, 4) is 0 Å². The number of hydrogen-bond acceptors (Lipinski definition) is 4. The predicted octanol–water partition coefficient (Wildman–Crippen LogP) is 3.65. The molecule has 1 aliphatic heterocycles. The van der Waals surface area contributed by atoms with Gasteiger partial charge in [0.2, 0.25) is 11.8 Å². The van der Waals surface area contributed by atoms with Crippen molar-refractivity contribution in [1.29, 1.82) is 0 Å². The Balaban J connectivity index is 1.58. The lowest BCUT2D eigenvalue weighted by atomic mass is 9.83. The smallest absolute Gasteiger partial charge is 0.245 e. The van der Waals surface area contributed by atoms with Gasteiger partial charge >= 0.3 is 0 Å². The van der Waals surface area contributed by atoms with E-state index in [4.69, 9.17) is 0 Å². The molecule has 1 aromatic heterocycles. The highest BCUT2D eigenvalue weighted by atomic mass is 19.1. The Labute approximate surface area is 206 Å². The van der Waals surface area contributed by atoms with Crippen molar-refractivity contribution in [1.82, 2.24) is 20.1 Å². The number of nitrogens with zero attached hydrogens (tertiary/aromatic N) is 2. The van der Waals surface area contributed by atoms with E-state index < -0.39 is 6.04 Å². The standard InChI is InChI=1S/C27H37FN4O3/c1-17(29-3)26(34)30-25(19-8-5-4-6-9-19)27(35)32-13-7-10-21(32)15-31-16-23(18(2)33)22-14-20(28)11-12-24(22)31/h11-12,14,16-17,19,21,25,29H,4-10,13,15H2,1-3H3,(H,30,34)/t17-,21-,25-/m0/s1. The third kappa shape index (κ3) is 5.42. The molecule has 35 heavy (non-hydrogen) atoms. The van der Waals surface area contributed by atoms with Crippen LogP contribution in [0.25, 0.3) is 10.9 Å². The maximum atomic E-state index is 13.9. The van der Waals surface area contributed by atoms with Crippen molar-refractivity contribution in [3.63, 3.8) is 0 Å². The van der Waals surface area contributed by atoms with Crippen LogP contribution < -0.4 is 10.6 Å². The molecule has 2 fully saturated rings. The quantitative estimate of drug-likeness (QED) is 0.561. The molecule has 1 saturated carbocycles. The second-order valence-electron chi connectivity index (χ2n) is 10.1. The van der Waals surface area contributed by atoms with Crippen molar-refractivity contribution in [2.45, 2.75) is 83.5 Å². The molecular weight excluding hydrogens is 447 g/mol. The molecule has 2 aliphatic rings. The number of rotatable bonds is 8. The van der Waals surface area contributed by atoms with Gasteiger partial charge in [-0.15, -0.1) is 0 Å². The first-order chi connectivity index (χ1) is 16.8. The van der Waals surface area contributed by atoms with Crippen LogP contribution in [0.15, 0.2) is 24.4 Å². The van der Waals surface area contributed by atoms with Crippen LogP contribution in [-0.4, -0.2) is 58.8 Å². The molecule has 2 N–H and O–H groups in total. The van der Waals surface area contributed by atoms with Gasteiger partial charge in [0.25, 0.3) is 0 Å². The Morgan fingerprint density at radius 3 is 2.54 bits per heavy atom. The van der Waals surface area contributed by atoms with Gasteiger partial charge in [0.15, 0.2) is 5.78 Å². The number of likely N-dealkylation sites (tertiary alicyclic amines) is 1. The monoisotopic (exact) mass is 484 g/mol. The Kier molecular flexibility index (Phi) is 7.89. The molecule has 4 rings (SSSR count). The Morgan fingerprint density at radius 1 is 1.11 bits per heavy atom. The Hall–Kier alpha value is -2.74. The van der Waals surface area contributed by atoms with E-state index in [0.29, 0.717) is 24.0 Å². The van der Waals surface area contributed by atoms with Crippen LogP contribution in [0.5, 0.6) is 0 Å². The fourth-order valence-corrected chi connectivity index (χ4v) is 5.68. The lowest BCUT2D eigenvalue weighted by Crippen LogP contribution is -2.56. The van der Waals surface area contributed by atoms with Crippen molar-refractivity contribution in [2.75, 3.05) is 13.6 Å². The highest BCUT2D eigenvalue weighted by Gasteiger charge is 2.38. The average Bonchev–Trinajstić information content (AvgIpc) is 3.46.